The van der Waals surface area contributed by atoms with E-state index in [1.807, 2.05) is 6.92 Å². The molecule has 0 rings (SSSR count). The Morgan fingerprint density at radius 3 is 2.67 bits per heavy atom. The van der Waals surface area contributed by atoms with Crippen LogP contribution in [0.15, 0.2) is 29.9 Å². The Morgan fingerprint density at radius 2 is 2.33 bits per heavy atom. The van der Waals surface area contributed by atoms with E-state index in [0.29, 0.717) is 5.84 Å². The van der Waals surface area contributed by atoms with Crippen molar-refractivity contribution in [3.8, 4) is 0 Å². The highest BCUT2D eigenvalue weighted by molar-refractivity contribution is 5.91. The average molecular weight is 124 g/mol. The van der Waals surface area contributed by atoms with Gasteiger partial charge in [0, 0.05) is 5.70 Å². The average Bonchev–Trinajstić information content (AvgIpc) is 1.87. The van der Waals surface area contributed by atoms with Crippen LogP contribution in [0.25, 0.3) is 0 Å². The minimum Gasteiger partial charge on any atom is -0.384 e. The summed E-state index contributed by atoms with van der Waals surface area (Å²) in [5.74, 6) is 0.432. The summed E-state index contributed by atoms with van der Waals surface area (Å²) in [6.07, 6.45) is 2.33. The number of nitrogens with zero attached hydrogens (tertiary/aromatic N) is 1. The van der Waals surface area contributed by atoms with E-state index < -0.39 is 0 Å². The molecule has 0 aliphatic heterocycles. The number of nitrogens with two attached hydrogens (primary N) is 1. The normalized spacial score (nSPS) is 11.0. The van der Waals surface area contributed by atoms with E-state index >= 15 is 0 Å². The number of hydrogen-bond donors (Lipinski definition) is 1. The van der Waals surface area contributed by atoms with E-state index in [1.165, 1.54) is 6.08 Å². The zero-order valence-corrected chi connectivity index (χ0v) is 5.72. The van der Waals surface area contributed by atoms with Gasteiger partial charge in [-0.25, -0.2) is 4.99 Å². The summed E-state index contributed by atoms with van der Waals surface area (Å²) in [5.41, 5.74) is 6.11. The fourth-order valence-corrected chi connectivity index (χ4v) is 0.307. The molecular weight excluding hydrogens is 112 g/mol. The van der Waals surface area contributed by atoms with Crippen molar-refractivity contribution in [2.45, 2.75) is 13.3 Å². The number of rotatable bonds is 3. The van der Waals surface area contributed by atoms with Crippen LogP contribution < -0.4 is 5.73 Å². The van der Waals surface area contributed by atoms with E-state index in [4.69, 9.17) is 5.73 Å². The van der Waals surface area contributed by atoms with Crippen molar-refractivity contribution >= 4 is 5.84 Å². The van der Waals surface area contributed by atoms with Crippen LogP contribution in [0.4, 0.5) is 0 Å². The molecule has 2 nitrogen and oxygen atoms in total. The van der Waals surface area contributed by atoms with Crippen molar-refractivity contribution in [1.82, 2.24) is 0 Å². The predicted octanol–water partition coefficient (Wildman–Crippen LogP) is 1.45. The third-order valence-corrected chi connectivity index (χ3v) is 0.904. The molecule has 2 heteroatoms. The summed E-state index contributed by atoms with van der Waals surface area (Å²) in [4.78, 5) is 3.90. The highest BCUT2D eigenvalue weighted by Gasteiger charge is 1.84. The van der Waals surface area contributed by atoms with Crippen LogP contribution in [0.3, 0.4) is 0 Å². The van der Waals surface area contributed by atoms with Gasteiger partial charge in [0.05, 0.1) is 0 Å². The molecular formula is C7H12N2. The molecule has 0 heterocycles. The number of hydrogen-bond acceptors (Lipinski definition) is 1. The van der Waals surface area contributed by atoms with Crippen molar-refractivity contribution in [1.29, 1.82) is 0 Å². The van der Waals surface area contributed by atoms with Crippen molar-refractivity contribution in [3.63, 3.8) is 0 Å². The predicted molar refractivity (Wildman–Crippen MR) is 41.3 cm³/mol. The highest BCUT2D eigenvalue weighted by Crippen LogP contribution is 1.96. The largest absolute Gasteiger partial charge is 0.384 e. The molecule has 0 unspecified atom stereocenters. The maximum atomic E-state index is 5.32. The van der Waals surface area contributed by atoms with Crippen molar-refractivity contribution in [2.24, 2.45) is 10.7 Å². The van der Waals surface area contributed by atoms with Gasteiger partial charge in [0.2, 0.25) is 0 Å². The van der Waals surface area contributed by atoms with E-state index in [9.17, 15) is 0 Å². The first-order valence-electron chi connectivity index (χ1n) is 2.85. The van der Waals surface area contributed by atoms with Crippen LogP contribution in [0.5, 0.6) is 0 Å². The Hall–Kier alpha value is -1.05. The topological polar surface area (TPSA) is 38.4 Å². The van der Waals surface area contributed by atoms with Gasteiger partial charge >= 0.3 is 0 Å². The maximum Gasteiger partial charge on any atom is 0.122 e. The second-order valence-electron chi connectivity index (χ2n) is 1.66. The van der Waals surface area contributed by atoms with Crippen LogP contribution in [0, 0.1) is 0 Å². The second kappa shape index (κ2) is 3.89. The lowest BCUT2D eigenvalue weighted by molar-refractivity contribution is 1.08. The first-order chi connectivity index (χ1) is 4.20. The fourth-order valence-electron chi connectivity index (χ4n) is 0.307. The molecule has 0 aromatic carbocycles. The fraction of sp³-hybridized carbons (Fsp3) is 0.286. The van der Waals surface area contributed by atoms with Crippen LogP contribution in [-0.2, 0) is 0 Å². The van der Waals surface area contributed by atoms with Gasteiger partial charge in [-0.2, -0.15) is 0 Å². The summed E-state index contributed by atoms with van der Waals surface area (Å²) in [6.45, 7) is 9.07. The first kappa shape index (κ1) is 7.95. The van der Waals surface area contributed by atoms with Gasteiger partial charge in [0.15, 0.2) is 0 Å². The molecule has 0 fully saturated rings. The SMILES string of the molecule is C=CC(N)=NC(=C)CC. The first-order valence-corrected chi connectivity index (χ1v) is 2.85. The van der Waals surface area contributed by atoms with Gasteiger partial charge in [0.1, 0.15) is 5.84 Å². The molecule has 0 saturated carbocycles. The van der Waals surface area contributed by atoms with Crippen molar-refractivity contribution in [3.05, 3.63) is 24.9 Å². The van der Waals surface area contributed by atoms with E-state index in [0.717, 1.165) is 12.1 Å². The van der Waals surface area contributed by atoms with Crippen molar-refractivity contribution in [2.75, 3.05) is 0 Å². The lowest BCUT2D eigenvalue weighted by atomic mass is 10.4. The Balaban J connectivity index is 3.94. The summed E-state index contributed by atoms with van der Waals surface area (Å²) in [6, 6.07) is 0. The van der Waals surface area contributed by atoms with Gasteiger partial charge in [-0.15, -0.1) is 0 Å². The molecule has 0 aromatic rings. The van der Waals surface area contributed by atoms with Gasteiger partial charge < -0.3 is 5.73 Å². The lowest BCUT2D eigenvalue weighted by Gasteiger charge is -1.92. The molecule has 9 heavy (non-hydrogen) atoms. The summed E-state index contributed by atoms with van der Waals surface area (Å²) < 4.78 is 0. The van der Waals surface area contributed by atoms with Crippen molar-refractivity contribution < 1.29 is 0 Å². The van der Waals surface area contributed by atoms with E-state index in [-0.39, 0.29) is 0 Å². The summed E-state index contributed by atoms with van der Waals surface area (Å²) >= 11 is 0. The zero-order chi connectivity index (χ0) is 7.28. The number of amidine groups is 1. The molecule has 0 saturated heterocycles. The van der Waals surface area contributed by atoms with Crippen LogP contribution in [-0.4, -0.2) is 5.84 Å². The molecule has 0 spiro atoms. The monoisotopic (exact) mass is 124 g/mol. The Kier molecular flexibility index (Phi) is 3.44. The highest BCUT2D eigenvalue weighted by atomic mass is 14.8. The van der Waals surface area contributed by atoms with Gasteiger partial charge in [-0.05, 0) is 12.5 Å². The molecule has 0 aliphatic rings. The molecule has 0 aromatic heterocycles. The number of aliphatic imine (C=N–C) groups is 1. The van der Waals surface area contributed by atoms with Gasteiger partial charge in [-0.1, -0.05) is 20.1 Å². The minimum absolute atomic E-state index is 0.432. The molecule has 50 valence electrons. The third kappa shape index (κ3) is 3.53. The molecule has 0 amide bonds. The molecule has 0 aliphatic carbocycles. The Labute approximate surface area is 55.8 Å². The smallest absolute Gasteiger partial charge is 0.122 e. The Morgan fingerprint density at radius 1 is 1.78 bits per heavy atom. The van der Waals surface area contributed by atoms with E-state index in [2.05, 4.69) is 18.2 Å². The van der Waals surface area contributed by atoms with Gasteiger partial charge in [0.25, 0.3) is 0 Å². The number of allylic oxidation sites excluding steroid dienone is 1. The molecule has 2 N–H and O–H groups in total. The molecule has 0 atom stereocenters. The van der Waals surface area contributed by atoms with E-state index in [1.54, 1.807) is 0 Å². The minimum atomic E-state index is 0.432. The quantitative estimate of drug-likeness (QED) is 0.449. The van der Waals surface area contributed by atoms with Gasteiger partial charge in [-0.3, -0.25) is 0 Å². The maximum absolute atomic E-state index is 5.32. The van der Waals surface area contributed by atoms with Crippen LogP contribution in [0.2, 0.25) is 0 Å². The Bertz CT molecular complexity index is 145. The molecule has 0 bridgehead atoms. The second-order valence-corrected chi connectivity index (χ2v) is 1.66. The third-order valence-electron chi connectivity index (χ3n) is 0.904. The lowest BCUT2D eigenvalue weighted by Crippen LogP contribution is -2.06. The summed E-state index contributed by atoms with van der Waals surface area (Å²) in [5, 5.41) is 0. The zero-order valence-electron chi connectivity index (χ0n) is 5.72. The standard InChI is InChI=1S/C7H12N2/c1-4-6(3)9-7(8)5-2/h5H,2-4H2,1H3,(H2,8,9). The van der Waals surface area contributed by atoms with Crippen LogP contribution >= 0.6 is 0 Å². The van der Waals surface area contributed by atoms with Crippen LogP contribution in [0.1, 0.15) is 13.3 Å². The molecule has 0 radical (unpaired) electrons. The summed E-state index contributed by atoms with van der Waals surface area (Å²) in [7, 11) is 0.